The smallest absolute Gasteiger partial charge is 0.224 e. The van der Waals surface area contributed by atoms with E-state index in [0.29, 0.717) is 12.6 Å². The largest absolute Gasteiger partial charge is 0.353 e. The van der Waals surface area contributed by atoms with Crippen LogP contribution in [0.4, 0.5) is 0 Å². The fourth-order valence-electron chi connectivity index (χ4n) is 2.86. The Morgan fingerprint density at radius 3 is 2.57 bits per heavy atom. The van der Waals surface area contributed by atoms with Gasteiger partial charge in [-0.25, -0.2) is 0 Å². The van der Waals surface area contributed by atoms with E-state index in [2.05, 4.69) is 34.5 Å². The first-order chi connectivity index (χ1) is 10.2. The number of piperidine rings is 1. The maximum Gasteiger partial charge on any atom is 0.224 e. The molecule has 1 saturated heterocycles. The summed E-state index contributed by atoms with van der Waals surface area (Å²) in [4.78, 5) is 14.5. The van der Waals surface area contributed by atoms with Gasteiger partial charge in [-0.3, -0.25) is 9.69 Å². The molecule has 0 aliphatic carbocycles. The van der Waals surface area contributed by atoms with Crippen LogP contribution in [0.25, 0.3) is 0 Å². The highest BCUT2D eigenvalue weighted by Gasteiger charge is 2.23. The van der Waals surface area contributed by atoms with Crippen molar-refractivity contribution in [1.29, 1.82) is 0 Å². The Morgan fingerprint density at radius 1 is 1.33 bits per heavy atom. The molecule has 0 spiro atoms. The third kappa shape index (κ3) is 4.83. The van der Waals surface area contributed by atoms with E-state index in [9.17, 15) is 4.79 Å². The summed E-state index contributed by atoms with van der Waals surface area (Å²) in [6.07, 6.45) is 2.87. The van der Waals surface area contributed by atoms with Gasteiger partial charge in [-0.2, -0.15) is 0 Å². The van der Waals surface area contributed by atoms with Gasteiger partial charge in [-0.05, 0) is 24.8 Å². The van der Waals surface area contributed by atoms with Crippen LogP contribution in [0.5, 0.6) is 0 Å². The molecule has 1 aromatic carbocycles. The molecule has 0 bridgehead atoms. The van der Waals surface area contributed by atoms with Gasteiger partial charge < -0.3 is 11.1 Å². The Bertz CT molecular complexity index is 423. The van der Waals surface area contributed by atoms with E-state index >= 15 is 0 Å². The third-order valence-electron chi connectivity index (χ3n) is 4.33. The van der Waals surface area contributed by atoms with Crippen LogP contribution in [0, 0.1) is 5.92 Å². The van der Waals surface area contributed by atoms with E-state index in [1.807, 2.05) is 13.0 Å². The first-order valence-electron chi connectivity index (χ1n) is 7.99. The highest BCUT2D eigenvalue weighted by atomic mass is 16.1. The van der Waals surface area contributed by atoms with Crippen molar-refractivity contribution in [3.05, 3.63) is 35.9 Å². The SMILES string of the molecule is CCC(CN)C(=O)NC1CCN(Cc2ccccc2)CC1. The lowest BCUT2D eigenvalue weighted by Crippen LogP contribution is -2.47. The van der Waals surface area contributed by atoms with Gasteiger partial charge in [-0.1, -0.05) is 37.3 Å². The molecular weight excluding hydrogens is 262 g/mol. The second-order valence-electron chi connectivity index (χ2n) is 5.89. The molecule has 4 heteroatoms. The quantitative estimate of drug-likeness (QED) is 0.839. The predicted molar refractivity (Wildman–Crippen MR) is 85.7 cm³/mol. The Morgan fingerprint density at radius 2 is 2.00 bits per heavy atom. The van der Waals surface area contributed by atoms with Crippen molar-refractivity contribution < 1.29 is 4.79 Å². The summed E-state index contributed by atoms with van der Waals surface area (Å²) in [6.45, 7) is 5.54. The molecule has 21 heavy (non-hydrogen) atoms. The van der Waals surface area contributed by atoms with E-state index in [-0.39, 0.29) is 11.8 Å². The highest BCUT2D eigenvalue weighted by Crippen LogP contribution is 2.14. The van der Waals surface area contributed by atoms with Crippen LogP contribution in [0.2, 0.25) is 0 Å². The van der Waals surface area contributed by atoms with Gasteiger partial charge in [-0.15, -0.1) is 0 Å². The molecule has 4 nitrogen and oxygen atoms in total. The topological polar surface area (TPSA) is 58.4 Å². The van der Waals surface area contributed by atoms with Crippen molar-refractivity contribution in [2.24, 2.45) is 11.7 Å². The number of carbonyl (C=O) groups excluding carboxylic acids is 1. The van der Waals surface area contributed by atoms with E-state index in [4.69, 9.17) is 5.73 Å². The maximum absolute atomic E-state index is 12.0. The molecule has 1 aromatic rings. The van der Waals surface area contributed by atoms with Gasteiger partial charge in [0.25, 0.3) is 0 Å². The zero-order valence-electron chi connectivity index (χ0n) is 12.9. The van der Waals surface area contributed by atoms with Crippen LogP contribution in [-0.2, 0) is 11.3 Å². The Balaban J connectivity index is 1.74. The molecule has 0 radical (unpaired) electrons. The second kappa shape index (κ2) is 8.15. The molecule has 1 unspecified atom stereocenters. The number of hydrogen-bond donors (Lipinski definition) is 2. The number of hydrogen-bond acceptors (Lipinski definition) is 3. The summed E-state index contributed by atoms with van der Waals surface area (Å²) >= 11 is 0. The molecular formula is C17H27N3O. The van der Waals surface area contributed by atoms with Crippen LogP contribution in [0.15, 0.2) is 30.3 Å². The predicted octanol–water partition coefficient (Wildman–Crippen LogP) is 1.75. The van der Waals surface area contributed by atoms with Gasteiger partial charge >= 0.3 is 0 Å². The second-order valence-corrected chi connectivity index (χ2v) is 5.89. The Kier molecular flexibility index (Phi) is 6.21. The molecule has 1 aliphatic heterocycles. The Hall–Kier alpha value is -1.39. The fourth-order valence-corrected chi connectivity index (χ4v) is 2.86. The lowest BCUT2D eigenvalue weighted by Gasteiger charge is -2.33. The van der Waals surface area contributed by atoms with Gasteiger partial charge in [0.05, 0.1) is 0 Å². The van der Waals surface area contributed by atoms with E-state index in [1.165, 1.54) is 5.56 Å². The summed E-state index contributed by atoms with van der Waals surface area (Å²) in [7, 11) is 0. The van der Waals surface area contributed by atoms with Gasteiger partial charge in [0.2, 0.25) is 5.91 Å². The summed E-state index contributed by atoms with van der Waals surface area (Å²) in [6, 6.07) is 10.9. The van der Waals surface area contributed by atoms with Gasteiger partial charge in [0.15, 0.2) is 0 Å². The molecule has 3 N–H and O–H groups in total. The number of likely N-dealkylation sites (tertiary alicyclic amines) is 1. The van der Waals surface area contributed by atoms with Crippen molar-refractivity contribution in [3.63, 3.8) is 0 Å². The number of amides is 1. The molecule has 0 saturated carbocycles. The summed E-state index contributed by atoms with van der Waals surface area (Å²) in [5.74, 6) is 0.0915. The number of nitrogens with one attached hydrogen (secondary N) is 1. The molecule has 2 rings (SSSR count). The van der Waals surface area contributed by atoms with Crippen LogP contribution < -0.4 is 11.1 Å². The molecule has 1 atom stereocenters. The zero-order chi connectivity index (χ0) is 15.1. The van der Waals surface area contributed by atoms with Crippen molar-refractivity contribution >= 4 is 5.91 Å². The number of nitrogens with two attached hydrogens (primary N) is 1. The summed E-state index contributed by atoms with van der Waals surface area (Å²) in [5.41, 5.74) is 6.98. The standard InChI is InChI=1S/C17H27N3O/c1-2-15(12-18)17(21)19-16-8-10-20(11-9-16)13-14-6-4-3-5-7-14/h3-7,15-16H,2,8-13,18H2,1H3,(H,19,21). The van der Waals surface area contributed by atoms with Crippen LogP contribution in [-0.4, -0.2) is 36.5 Å². The molecule has 1 amide bonds. The highest BCUT2D eigenvalue weighted by molar-refractivity contribution is 5.79. The molecule has 0 aromatic heterocycles. The molecule has 1 aliphatic rings. The minimum atomic E-state index is -0.0349. The monoisotopic (exact) mass is 289 g/mol. The van der Waals surface area contributed by atoms with Crippen molar-refractivity contribution in [1.82, 2.24) is 10.2 Å². The first-order valence-corrected chi connectivity index (χ1v) is 7.99. The summed E-state index contributed by atoms with van der Waals surface area (Å²) in [5, 5.41) is 3.16. The molecule has 116 valence electrons. The zero-order valence-corrected chi connectivity index (χ0v) is 12.9. The van der Waals surface area contributed by atoms with Crippen LogP contribution >= 0.6 is 0 Å². The normalized spacial score (nSPS) is 18.4. The van der Waals surface area contributed by atoms with E-state index < -0.39 is 0 Å². The van der Waals surface area contributed by atoms with Crippen molar-refractivity contribution in [2.45, 2.75) is 38.8 Å². The fraction of sp³-hybridized carbons (Fsp3) is 0.588. The molecule has 1 heterocycles. The lowest BCUT2D eigenvalue weighted by molar-refractivity contribution is -0.125. The average Bonchev–Trinajstić information content (AvgIpc) is 2.51. The maximum atomic E-state index is 12.0. The van der Waals surface area contributed by atoms with E-state index in [0.717, 1.165) is 38.9 Å². The van der Waals surface area contributed by atoms with Crippen molar-refractivity contribution in [2.75, 3.05) is 19.6 Å². The number of benzene rings is 1. The first kappa shape index (κ1) is 16.0. The molecule has 1 fully saturated rings. The number of nitrogens with zero attached hydrogens (tertiary/aromatic N) is 1. The lowest BCUT2D eigenvalue weighted by atomic mass is 10.0. The Labute approximate surface area is 127 Å². The average molecular weight is 289 g/mol. The van der Waals surface area contributed by atoms with Crippen LogP contribution in [0.1, 0.15) is 31.7 Å². The number of rotatable bonds is 6. The van der Waals surface area contributed by atoms with Crippen LogP contribution in [0.3, 0.4) is 0 Å². The minimum absolute atomic E-state index is 0.0349. The van der Waals surface area contributed by atoms with Gasteiger partial charge in [0, 0.05) is 38.1 Å². The third-order valence-corrected chi connectivity index (χ3v) is 4.33. The van der Waals surface area contributed by atoms with Crippen molar-refractivity contribution in [3.8, 4) is 0 Å². The van der Waals surface area contributed by atoms with E-state index in [1.54, 1.807) is 0 Å². The summed E-state index contributed by atoms with van der Waals surface area (Å²) < 4.78 is 0. The minimum Gasteiger partial charge on any atom is -0.353 e. The van der Waals surface area contributed by atoms with Gasteiger partial charge in [0.1, 0.15) is 0 Å². The number of carbonyl (C=O) groups is 1.